The van der Waals surface area contributed by atoms with Crippen LogP contribution in [0.4, 0.5) is 4.39 Å². The van der Waals surface area contributed by atoms with Gasteiger partial charge in [-0.2, -0.15) is 0 Å². The highest BCUT2D eigenvalue weighted by Crippen LogP contribution is 2.24. The first-order chi connectivity index (χ1) is 10.7. The number of carbonyl (C=O) groups excluding carboxylic acids is 1. The van der Waals surface area contributed by atoms with Gasteiger partial charge in [-0.15, -0.1) is 0 Å². The fourth-order valence-electron chi connectivity index (χ4n) is 3.11. The molecule has 2 aromatic carbocycles. The highest BCUT2D eigenvalue weighted by molar-refractivity contribution is 6.06. The van der Waals surface area contributed by atoms with Crippen LogP contribution in [0.5, 0.6) is 0 Å². The van der Waals surface area contributed by atoms with Crippen molar-refractivity contribution in [1.82, 2.24) is 9.88 Å². The molecule has 0 radical (unpaired) electrons. The van der Waals surface area contributed by atoms with Gasteiger partial charge in [0.15, 0.2) is 0 Å². The van der Waals surface area contributed by atoms with Crippen molar-refractivity contribution in [2.75, 3.05) is 6.54 Å². The number of hydrogen-bond donors (Lipinski definition) is 1. The number of fused-ring (bicyclic) bond motifs is 2. The van der Waals surface area contributed by atoms with E-state index in [0.29, 0.717) is 24.0 Å². The van der Waals surface area contributed by atoms with Crippen LogP contribution in [-0.2, 0) is 13.0 Å². The molecule has 1 aromatic heterocycles. The number of benzene rings is 2. The Balaban J connectivity index is 1.68. The lowest BCUT2D eigenvalue weighted by atomic mass is 9.99. The molecule has 0 bridgehead atoms. The van der Waals surface area contributed by atoms with Gasteiger partial charge in [0.25, 0.3) is 5.91 Å². The van der Waals surface area contributed by atoms with Gasteiger partial charge in [-0.05, 0) is 35.7 Å². The van der Waals surface area contributed by atoms with Crippen LogP contribution in [0, 0.1) is 5.82 Å². The van der Waals surface area contributed by atoms with Crippen molar-refractivity contribution in [2.24, 2.45) is 0 Å². The van der Waals surface area contributed by atoms with Gasteiger partial charge in [0.05, 0.1) is 5.56 Å². The molecule has 4 heteroatoms. The number of nitrogens with one attached hydrogen (secondary N) is 1. The number of halogens is 1. The molecule has 0 saturated heterocycles. The lowest BCUT2D eigenvalue weighted by Gasteiger charge is -2.28. The fraction of sp³-hybridized carbons (Fsp3) is 0.167. The molecule has 2 heterocycles. The van der Waals surface area contributed by atoms with Crippen LogP contribution in [0.15, 0.2) is 48.7 Å². The van der Waals surface area contributed by atoms with Crippen LogP contribution in [-0.4, -0.2) is 22.3 Å². The monoisotopic (exact) mass is 294 g/mol. The van der Waals surface area contributed by atoms with Crippen LogP contribution < -0.4 is 0 Å². The second-order valence-corrected chi connectivity index (χ2v) is 5.64. The predicted molar refractivity (Wildman–Crippen MR) is 83.1 cm³/mol. The van der Waals surface area contributed by atoms with Crippen molar-refractivity contribution in [2.45, 2.75) is 13.0 Å². The van der Waals surface area contributed by atoms with E-state index in [1.807, 2.05) is 17.0 Å². The second-order valence-electron chi connectivity index (χ2n) is 5.64. The molecule has 0 fully saturated rings. The lowest BCUT2D eigenvalue weighted by Crippen LogP contribution is -2.35. The molecule has 1 aliphatic rings. The van der Waals surface area contributed by atoms with Gasteiger partial charge in [0.1, 0.15) is 5.82 Å². The van der Waals surface area contributed by atoms with Crippen LogP contribution in [0.3, 0.4) is 0 Å². The fourth-order valence-corrected chi connectivity index (χ4v) is 3.11. The summed E-state index contributed by atoms with van der Waals surface area (Å²) in [5.41, 5.74) is 3.81. The third-order valence-electron chi connectivity index (χ3n) is 4.29. The van der Waals surface area contributed by atoms with Crippen molar-refractivity contribution < 1.29 is 9.18 Å². The summed E-state index contributed by atoms with van der Waals surface area (Å²) in [6, 6.07) is 12.7. The molecule has 0 aliphatic carbocycles. The maximum Gasteiger partial charge on any atom is 0.256 e. The number of hydrogen-bond acceptors (Lipinski definition) is 1. The van der Waals surface area contributed by atoms with Crippen molar-refractivity contribution in [1.29, 1.82) is 0 Å². The normalized spacial score (nSPS) is 14.1. The molecule has 3 aromatic rings. The predicted octanol–water partition coefficient (Wildman–Crippen LogP) is 3.51. The summed E-state index contributed by atoms with van der Waals surface area (Å²) in [7, 11) is 0. The average Bonchev–Trinajstić information content (AvgIpc) is 2.96. The molecule has 110 valence electrons. The minimum atomic E-state index is -0.329. The van der Waals surface area contributed by atoms with Gasteiger partial charge in [-0.3, -0.25) is 4.79 Å². The van der Waals surface area contributed by atoms with Gasteiger partial charge in [-0.1, -0.05) is 24.3 Å². The maximum absolute atomic E-state index is 13.5. The van der Waals surface area contributed by atoms with Gasteiger partial charge < -0.3 is 9.88 Å². The summed E-state index contributed by atoms with van der Waals surface area (Å²) in [6.45, 7) is 1.30. The third kappa shape index (κ3) is 2.08. The molecule has 22 heavy (non-hydrogen) atoms. The molecule has 3 nitrogen and oxygen atoms in total. The number of aromatic nitrogens is 1. The summed E-state index contributed by atoms with van der Waals surface area (Å²) in [6.07, 6.45) is 2.53. The number of H-pyrrole nitrogens is 1. The Kier molecular flexibility index (Phi) is 2.96. The van der Waals surface area contributed by atoms with Crippen molar-refractivity contribution in [3.8, 4) is 0 Å². The van der Waals surface area contributed by atoms with Crippen LogP contribution in [0.25, 0.3) is 10.9 Å². The number of amides is 1. The molecule has 1 N–H and O–H groups in total. The Morgan fingerprint density at radius 2 is 1.95 bits per heavy atom. The van der Waals surface area contributed by atoms with Crippen molar-refractivity contribution >= 4 is 16.8 Å². The smallest absolute Gasteiger partial charge is 0.256 e. The third-order valence-corrected chi connectivity index (χ3v) is 4.29. The van der Waals surface area contributed by atoms with Gasteiger partial charge >= 0.3 is 0 Å². The van der Waals surface area contributed by atoms with E-state index in [9.17, 15) is 9.18 Å². The SMILES string of the molecule is O=C(c1c[nH]c2ccc(F)cc12)N1CCc2ccccc2C1. The molecule has 0 saturated carbocycles. The highest BCUT2D eigenvalue weighted by atomic mass is 19.1. The minimum absolute atomic E-state index is 0.0497. The summed E-state index contributed by atoms with van der Waals surface area (Å²) in [4.78, 5) is 17.6. The van der Waals surface area contributed by atoms with Crippen LogP contribution in [0.1, 0.15) is 21.5 Å². The highest BCUT2D eigenvalue weighted by Gasteiger charge is 2.23. The van der Waals surface area contributed by atoms with Gasteiger partial charge in [0.2, 0.25) is 0 Å². The zero-order valence-corrected chi connectivity index (χ0v) is 12.0. The molecule has 4 rings (SSSR count). The van der Waals surface area contributed by atoms with Gasteiger partial charge in [0, 0.05) is 30.2 Å². The minimum Gasteiger partial charge on any atom is -0.360 e. The van der Waals surface area contributed by atoms with E-state index >= 15 is 0 Å². The van der Waals surface area contributed by atoms with E-state index in [4.69, 9.17) is 0 Å². The Morgan fingerprint density at radius 3 is 2.82 bits per heavy atom. The Hall–Kier alpha value is -2.62. The molecule has 1 amide bonds. The summed E-state index contributed by atoms with van der Waals surface area (Å²) in [5, 5.41) is 0.642. The number of rotatable bonds is 1. The zero-order valence-electron chi connectivity index (χ0n) is 12.0. The maximum atomic E-state index is 13.5. The van der Waals surface area contributed by atoms with E-state index in [1.165, 1.54) is 23.3 Å². The topological polar surface area (TPSA) is 36.1 Å². The van der Waals surface area contributed by atoms with E-state index in [-0.39, 0.29) is 11.7 Å². The summed E-state index contributed by atoms with van der Waals surface area (Å²) >= 11 is 0. The second kappa shape index (κ2) is 4.98. The first-order valence-electron chi connectivity index (χ1n) is 7.35. The lowest BCUT2D eigenvalue weighted by molar-refractivity contribution is 0.0737. The molecule has 0 spiro atoms. The Morgan fingerprint density at radius 1 is 1.14 bits per heavy atom. The Bertz CT molecular complexity index is 868. The quantitative estimate of drug-likeness (QED) is 0.732. The van der Waals surface area contributed by atoms with Crippen LogP contribution in [0.2, 0.25) is 0 Å². The van der Waals surface area contributed by atoms with Crippen molar-refractivity contribution in [3.05, 3.63) is 71.2 Å². The Labute approximate surface area is 127 Å². The molecule has 0 unspecified atom stereocenters. The molecular weight excluding hydrogens is 279 g/mol. The molecule has 1 aliphatic heterocycles. The molecular formula is C18H15FN2O. The van der Waals surface area contributed by atoms with E-state index in [2.05, 4.69) is 17.1 Å². The van der Waals surface area contributed by atoms with E-state index < -0.39 is 0 Å². The first-order valence-corrected chi connectivity index (χ1v) is 7.35. The largest absolute Gasteiger partial charge is 0.360 e. The van der Waals surface area contributed by atoms with Crippen LogP contribution >= 0.6 is 0 Å². The van der Waals surface area contributed by atoms with E-state index in [0.717, 1.165) is 11.9 Å². The zero-order chi connectivity index (χ0) is 15.1. The number of carbonyl (C=O) groups is 1. The average molecular weight is 294 g/mol. The van der Waals surface area contributed by atoms with Gasteiger partial charge in [-0.25, -0.2) is 4.39 Å². The summed E-state index contributed by atoms with van der Waals surface area (Å²) in [5.74, 6) is -0.378. The molecule has 0 atom stereocenters. The van der Waals surface area contributed by atoms with E-state index in [1.54, 1.807) is 12.3 Å². The number of nitrogens with zero attached hydrogens (tertiary/aromatic N) is 1. The standard InChI is InChI=1S/C18H15FN2O/c19-14-5-6-17-15(9-14)16(10-20-17)18(22)21-8-7-12-3-1-2-4-13(12)11-21/h1-6,9-10,20H,7-8,11H2. The number of aromatic amines is 1. The van der Waals surface area contributed by atoms with Crippen molar-refractivity contribution in [3.63, 3.8) is 0 Å². The first kappa shape index (κ1) is 13.1. The summed E-state index contributed by atoms with van der Waals surface area (Å²) < 4.78 is 13.5.